The van der Waals surface area contributed by atoms with Gasteiger partial charge in [-0.2, -0.15) is 0 Å². The molecule has 4 heteroatoms. The van der Waals surface area contributed by atoms with Crippen molar-refractivity contribution >= 4 is 5.97 Å². The van der Waals surface area contributed by atoms with E-state index in [2.05, 4.69) is 0 Å². The Labute approximate surface area is 114 Å². The largest absolute Gasteiger partial charge is 0.455 e. The summed E-state index contributed by atoms with van der Waals surface area (Å²) in [5.74, 6) is 0.0373. The van der Waals surface area contributed by atoms with Gasteiger partial charge in [-0.1, -0.05) is 6.92 Å². The first-order valence-electron chi connectivity index (χ1n) is 7.32. The lowest BCUT2D eigenvalue weighted by molar-refractivity contribution is -0.191. The Hall–Kier alpha value is -0.610. The van der Waals surface area contributed by atoms with Gasteiger partial charge in [0.1, 0.15) is 11.2 Å². The molecule has 4 nitrogen and oxygen atoms in total. The lowest BCUT2D eigenvalue weighted by Crippen LogP contribution is -2.50. The maximum Gasteiger partial charge on any atom is 0.312 e. The molecular formula is C15H24O4. The molecule has 0 spiro atoms. The third-order valence-corrected chi connectivity index (χ3v) is 5.72. The molecule has 2 N–H and O–H groups in total. The van der Waals surface area contributed by atoms with Crippen LogP contribution >= 0.6 is 0 Å². The maximum absolute atomic E-state index is 12.3. The van der Waals surface area contributed by atoms with E-state index in [-0.39, 0.29) is 11.9 Å². The Balaban J connectivity index is 1.87. The van der Waals surface area contributed by atoms with E-state index in [4.69, 9.17) is 4.74 Å². The van der Waals surface area contributed by atoms with Crippen LogP contribution < -0.4 is 0 Å². The van der Waals surface area contributed by atoms with Crippen molar-refractivity contribution in [2.75, 3.05) is 0 Å². The lowest BCUT2D eigenvalue weighted by Gasteiger charge is -2.38. The third-order valence-electron chi connectivity index (χ3n) is 5.72. The first-order chi connectivity index (χ1) is 8.64. The van der Waals surface area contributed by atoms with Crippen molar-refractivity contribution in [1.82, 2.24) is 0 Å². The first kappa shape index (κ1) is 13.4. The fraction of sp³-hybridized carbons (Fsp3) is 0.933. The Bertz CT molecular complexity index is 432. The second-order valence-electron chi connectivity index (χ2n) is 7.71. The molecule has 0 heterocycles. The molecule has 0 saturated heterocycles. The highest BCUT2D eigenvalue weighted by Gasteiger charge is 2.74. The van der Waals surface area contributed by atoms with Gasteiger partial charge in [0.25, 0.3) is 0 Å². The second-order valence-corrected chi connectivity index (χ2v) is 7.71. The van der Waals surface area contributed by atoms with Crippen molar-refractivity contribution in [3.8, 4) is 0 Å². The van der Waals surface area contributed by atoms with Crippen molar-refractivity contribution < 1.29 is 19.7 Å². The normalized spacial score (nSPS) is 47.7. The molecule has 4 rings (SSSR count). The molecule has 4 unspecified atom stereocenters. The van der Waals surface area contributed by atoms with E-state index >= 15 is 0 Å². The zero-order chi connectivity index (χ0) is 14.1. The summed E-state index contributed by atoms with van der Waals surface area (Å²) >= 11 is 0. The summed E-state index contributed by atoms with van der Waals surface area (Å²) in [6.07, 6.45) is 3.57. The maximum atomic E-state index is 12.3. The van der Waals surface area contributed by atoms with E-state index in [9.17, 15) is 15.0 Å². The topological polar surface area (TPSA) is 66.8 Å². The number of carbonyl (C=O) groups is 1. The smallest absolute Gasteiger partial charge is 0.312 e. The number of ether oxygens (including phenoxy) is 1. The van der Waals surface area contributed by atoms with Gasteiger partial charge in [-0.25, -0.2) is 0 Å². The van der Waals surface area contributed by atoms with Crippen LogP contribution in [0.5, 0.6) is 0 Å². The number of esters is 1. The standard InChI is InChI=1S/C15H24O4/c1-4-12(2,3)11(16)19-15-7-10-5-13(17,9-15)8-14(15,18)6-10/h10,17-18H,4-9H2,1-3H3. The SMILES string of the molecule is CCC(C)(C)C(=O)OC12CC3CC(O)(CC1(O)C3)C2. The van der Waals surface area contributed by atoms with Crippen molar-refractivity contribution in [1.29, 1.82) is 0 Å². The highest BCUT2D eigenvalue weighted by Crippen LogP contribution is 2.65. The van der Waals surface area contributed by atoms with Crippen LogP contribution in [0.15, 0.2) is 0 Å². The minimum atomic E-state index is -1.01. The number of carbonyl (C=O) groups excluding carboxylic acids is 1. The summed E-state index contributed by atoms with van der Waals surface area (Å²) < 4.78 is 5.80. The number of hydrogen-bond acceptors (Lipinski definition) is 4. The molecule has 4 saturated carbocycles. The third kappa shape index (κ3) is 1.69. The predicted octanol–water partition coefficient (Wildman–Crippen LogP) is 1.77. The fourth-order valence-corrected chi connectivity index (χ4v) is 4.46. The average molecular weight is 268 g/mol. The molecule has 4 aliphatic rings. The average Bonchev–Trinajstić information content (AvgIpc) is 2.52. The van der Waals surface area contributed by atoms with Gasteiger partial charge in [-0.15, -0.1) is 0 Å². The van der Waals surface area contributed by atoms with Crippen LogP contribution in [0.4, 0.5) is 0 Å². The van der Waals surface area contributed by atoms with Gasteiger partial charge in [0.05, 0.1) is 11.0 Å². The van der Waals surface area contributed by atoms with Gasteiger partial charge >= 0.3 is 5.97 Å². The molecule has 4 atom stereocenters. The Kier molecular flexibility index (Phi) is 2.48. The molecular weight excluding hydrogens is 244 g/mol. The summed E-state index contributed by atoms with van der Waals surface area (Å²) in [6, 6.07) is 0. The van der Waals surface area contributed by atoms with Crippen molar-refractivity contribution in [3.05, 3.63) is 0 Å². The van der Waals surface area contributed by atoms with Crippen molar-refractivity contribution in [3.63, 3.8) is 0 Å². The quantitative estimate of drug-likeness (QED) is 0.766. The highest BCUT2D eigenvalue weighted by molar-refractivity contribution is 5.76. The van der Waals surface area contributed by atoms with E-state index in [0.717, 1.165) is 6.42 Å². The lowest BCUT2D eigenvalue weighted by atomic mass is 9.77. The summed E-state index contributed by atoms with van der Waals surface area (Å²) in [6.45, 7) is 5.69. The van der Waals surface area contributed by atoms with Gasteiger partial charge in [-0.05, 0) is 45.4 Å². The van der Waals surface area contributed by atoms with Gasteiger partial charge in [0.15, 0.2) is 0 Å². The van der Waals surface area contributed by atoms with Gasteiger partial charge in [0, 0.05) is 12.8 Å². The second kappa shape index (κ2) is 3.53. The highest BCUT2D eigenvalue weighted by atomic mass is 16.6. The Morgan fingerprint density at radius 3 is 2.53 bits per heavy atom. The molecule has 4 fully saturated rings. The zero-order valence-electron chi connectivity index (χ0n) is 12.0. The molecule has 4 aliphatic carbocycles. The minimum absolute atomic E-state index is 0.250. The molecule has 0 aromatic carbocycles. The molecule has 0 aromatic heterocycles. The van der Waals surface area contributed by atoms with Crippen molar-refractivity contribution in [2.24, 2.45) is 11.3 Å². The molecule has 0 aliphatic heterocycles. The van der Waals surface area contributed by atoms with Crippen LogP contribution in [0.2, 0.25) is 0 Å². The molecule has 4 bridgehead atoms. The van der Waals surface area contributed by atoms with Crippen LogP contribution in [-0.2, 0) is 9.53 Å². The minimum Gasteiger partial charge on any atom is -0.455 e. The molecule has 0 aromatic rings. The fourth-order valence-electron chi connectivity index (χ4n) is 4.46. The summed E-state index contributed by atoms with van der Waals surface area (Å²) in [5, 5.41) is 21.3. The monoisotopic (exact) mass is 268 g/mol. The van der Waals surface area contributed by atoms with E-state index in [1.165, 1.54) is 0 Å². The van der Waals surface area contributed by atoms with E-state index in [1.54, 1.807) is 0 Å². The Morgan fingerprint density at radius 1 is 1.26 bits per heavy atom. The van der Waals surface area contributed by atoms with E-state index < -0.39 is 22.2 Å². The molecule has 19 heavy (non-hydrogen) atoms. The van der Waals surface area contributed by atoms with Gasteiger partial charge in [0.2, 0.25) is 0 Å². The van der Waals surface area contributed by atoms with Crippen LogP contribution in [0.1, 0.15) is 59.3 Å². The molecule has 108 valence electrons. The van der Waals surface area contributed by atoms with E-state index in [1.807, 2.05) is 20.8 Å². The van der Waals surface area contributed by atoms with Gasteiger partial charge < -0.3 is 14.9 Å². The predicted molar refractivity (Wildman–Crippen MR) is 69.4 cm³/mol. The molecule has 0 amide bonds. The Morgan fingerprint density at radius 2 is 1.95 bits per heavy atom. The van der Waals surface area contributed by atoms with Crippen LogP contribution in [0.25, 0.3) is 0 Å². The summed E-state index contributed by atoms with van der Waals surface area (Å²) in [4.78, 5) is 12.3. The van der Waals surface area contributed by atoms with Crippen LogP contribution in [0, 0.1) is 11.3 Å². The zero-order valence-corrected chi connectivity index (χ0v) is 12.0. The van der Waals surface area contributed by atoms with E-state index in [0.29, 0.717) is 32.1 Å². The number of aliphatic hydroxyl groups is 2. The van der Waals surface area contributed by atoms with Crippen LogP contribution in [-0.4, -0.2) is 33.0 Å². The van der Waals surface area contributed by atoms with Gasteiger partial charge in [-0.3, -0.25) is 4.79 Å². The number of rotatable bonds is 3. The number of hydrogen-bond donors (Lipinski definition) is 2. The van der Waals surface area contributed by atoms with Crippen LogP contribution in [0.3, 0.4) is 0 Å². The summed E-state index contributed by atoms with van der Waals surface area (Å²) in [7, 11) is 0. The molecule has 0 radical (unpaired) electrons. The first-order valence-corrected chi connectivity index (χ1v) is 7.32. The summed E-state index contributed by atoms with van der Waals surface area (Å²) in [5.41, 5.74) is -3.21. The van der Waals surface area contributed by atoms with Crippen molar-refractivity contribution in [2.45, 2.75) is 76.1 Å².